The van der Waals surface area contributed by atoms with E-state index in [9.17, 15) is 14.4 Å². The van der Waals surface area contributed by atoms with Crippen LogP contribution >= 0.6 is 0 Å². The van der Waals surface area contributed by atoms with E-state index >= 15 is 0 Å². The second-order valence-electron chi connectivity index (χ2n) is 6.60. The molecule has 0 heterocycles. The van der Waals surface area contributed by atoms with Gasteiger partial charge in [-0.3, -0.25) is 0 Å². The van der Waals surface area contributed by atoms with Gasteiger partial charge in [-0.2, -0.15) is 0 Å². The van der Waals surface area contributed by atoms with Crippen LogP contribution in [0.1, 0.15) is 77.0 Å². The molecule has 0 aromatic carbocycles. The van der Waals surface area contributed by atoms with Gasteiger partial charge in [0.1, 0.15) is 18.9 Å². The van der Waals surface area contributed by atoms with Gasteiger partial charge >= 0.3 is 0 Å². The third kappa shape index (κ3) is 8.13. The van der Waals surface area contributed by atoms with Gasteiger partial charge in [0.2, 0.25) is 0 Å². The summed E-state index contributed by atoms with van der Waals surface area (Å²) in [5.41, 5.74) is 0. The molecule has 1 fully saturated rings. The fourth-order valence-corrected chi connectivity index (χ4v) is 3.58. The monoisotopic (exact) mass is 294 g/mol. The SMILES string of the molecule is O=CCC1CCCCC(CC=O)CCC(CC=O)CCC1. The zero-order valence-corrected chi connectivity index (χ0v) is 13.2. The fraction of sp³-hybridized carbons (Fsp3) is 0.833. The number of carbonyl (C=O) groups is 3. The van der Waals surface area contributed by atoms with Gasteiger partial charge in [-0.1, -0.05) is 44.9 Å². The maximum atomic E-state index is 10.8. The van der Waals surface area contributed by atoms with E-state index in [1.807, 2.05) is 0 Å². The van der Waals surface area contributed by atoms with Crippen LogP contribution in [0.15, 0.2) is 0 Å². The molecule has 1 saturated carbocycles. The molecule has 1 aliphatic carbocycles. The van der Waals surface area contributed by atoms with Gasteiger partial charge in [0, 0.05) is 19.3 Å². The van der Waals surface area contributed by atoms with Crippen LogP contribution in [0.25, 0.3) is 0 Å². The van der Waals surface area contributed by atoms with E-state index in [4.69, 9.17) is 0 Å². The Kier molecular flexibility index (Phi) is 10.0. The Morgan fingerprint density at radius 2 is 0.857 bits per heavy atom. The highest BCUT2D eigenvalue weighted by Crippen LogP contribution is 2.29. The van der Waals surface area contributed by atoms with Crippen LogP contribution in [-0.2, 0) is 14.4 Å². The first-order valence-corrected chi connectivity index (χ1v) is 8.61. The summed E-state index contributed by atoms with van der Waals surface area (Å²) in [5.74, 6) is 1.47. The summed E-state index contributed by atoms with van der Waals surface area (Å²) in [5, 5.41) is 0. The van der Waals surface area contributed by atoms with Crippen molar-refractivity contribution in [1.82, 2.24) is 0 Å². The fourth-order valence-electron chi connectivity index (χ4n) is 3.58. The van der Waals surface area contributed by atoms with Crippen LogP contribution in [0, 0.1) is 17.8 Å². The van der Waals surface area contributed by atoms with Gasteiger partial charge < -0.3 is 14.4 Å². The van der Waals surface area contributed by atoms with E-state index in [1.54, 1.807) is 0 Å². The van der Waals surface area contributed by atoms with Crippen molar-refractivity contribution in [2.24, 2.45) is 17.8 Å². The van der Waals surface area contributed by atoms with Crippen molar-refractivity contribution >= 4 is 18.9 Å². The van der Waals surface area contributed by atoms with Crippen molar-refractivity contribution in [2.45, 2.75) is 77.0 Å². The minimum Gasteiger partial charge on any atom is -0.303 e. The summed E-state index contributed by atoms with van der Waals surface area (Å²) >= 11 is 0. The van der Waals surface area contributed by atoms with E-state index in [1.165, 1.54) is 6.42 Å². The smallest absolute Gasteiger partial charge is 0.120 e. The average Bonchev–Trinajstić information content (AvgIpc) is 2.47. The molecular formula is C18H30O3. The van der Waals surface area contributed by atoms with E-state index in [0.717, 1.165) is 70.2 Å². The summed E-state index contributed by atoms with van der Waals surface area (Å²) in [6.45, 7) is 0. The van der Waals surface area contributed by atoms with Gasteiger partial charge in [0.25, 0.3) is 0 Å². The maximum absolute atomic E-state index is 10.8. The normalized spacial score (nSPS) is 28.9. The summed E-state index contributed by atoms with van der Waals surface area (Å²) < 4.78 is 0. The molecule has 3 nitrogen and oxygen atoms in total. The molecule has 0 N–H and O–H groups in total. The van der Waals surface area contributed by atoms with Crippen molar-refractivity contribution in [3.8, 4) is 0 Å². The molecule has 0 spiro atoms. The van der Waals surface area contributed by atoms with Crippen LogP contribution in [0.5, 0.6) is 0 Å². The van der Waals surface area contributed by atoms with Crippen LogP contribution in [-0.4, -0.2) is 18.9 Å². The number of hydrogen-bond acceptors (Lipinski definition) is 3. The molecule has 0 aliphatic heterocycles. The highest BCUT2D eigenvalue weighted by atomic mass is 16.1. The van der Waals surface area contributed by atoms with E-state index in [2.05, 4.69) is 0 Å². The molecule has 0 radical (unpaired) electrons. The van der Waals surface area contributed by atoms with Crippen molar-refractivity contribution in [1.29, 1.82) is 0 Å². The standard InChI is InChI=1S/C18H30O3/c19-13-10-16-4-1-2-5-17(11-14-20)8-9-18(12-15-21)7-3-6-16/h13-18H,1-12H2. The van der Waals surface area contributed by atoms with Gasteiger partial charge in [-0.05, 0) is 30.6 Å². The van der Waals surface area contributed by atoms with E-state index in [0.29, 0.717) is 37.0 Å². The molecule has 0 bridgehead atoms. The first-order valence-electron chi connectivity index (χ1n) is 8.61. The maximum Gasteiger partial charge on any atom is 0.120 e. The molecule has 0 saturated heterocycles. The Hall–Kier alpha value is -0.990. The van der Waals surface area contributed by atoms with E-state index < -0.39 is 0 Å². The summed E-state index contributed by atoms with van der Waals surface area (Å²) in [7, 11) is 0. The van der Waals surface area contributed by atoms with Crippen LogP contribution in [0.4, 0.5) is 0 Å². The number of hydrogen-bond donors (Lipinski definition) is 0. The Morgan fingerprint density at radius 1 is 0.524 bits per heavy atom. The first-order chi connectivity index (χ1) is 10.3. The van der Waals surface area contributed by atoms with Crippen molar-refractivity contribution in [3.05, 3.63) is 0 Å². The Bertz CT molecular complexity index is 301. The summed E-state index contributed by atoms with van der Waals surface area (Å²) in [6.07, 6.45) is 15.1. The van der Waals surface area contributed by atoms with Crippen LogP contribution in [0.2, 0.25) is 0 Å². The second kappa shape index (κ2) is 11.6. The molecule has 120 valence electrons. The lowest BCUT2D eigenvalue weighted by Crippen LogP contribution is -2.11. The van der Waals surface area contributed by atoms with Gasteiger partial charge in [-0.25, -0.2) is 0 Å². The van der Waals surface area contributed by atoms with Gasteiger partial charge in [0.15, 0.2) is 0 Å². The molecule has 3 atom stereocenters. The molecule has 1 rings (SSSR count). The highest BCUT2D eigenvalue weighted by molar-refractivity contribution is 5.50. The highest BCUT2D eigenvalue weighted by Gasteiger charge is 2.17. The minimum absolute atomic E-state index is 0.466. The number of aldehydes is 3. The third-order valence-corrected chi connectivity index (χ3v) is 4.97. The summed E-state index contributed by atoms with van der Waals surface area (Å²) in [6, 6.07) is 0. The van der Waals surface area contributed by atoms with Gasteiger partial charge in [0.05, 0.1) is 0 Å². The van der Waals surface area contributed by atoms with Crippen molar-refractivity contribution < 1.29 is 14.4 Å². The predicted molar refractivity (Wildman–Crippen MR) is 84.1 cm³/mol. The lowest BCUT2D eigenvalue weighted by molar-refractivity contribution is -0.110. The third-order valence-electron chi connectivity index (χ3n) is 4.97. The lowest BCUT2D eigenvalue weighted by atomic mass is 9.83. The molecule has 1 aliphatic rings. The number of rotatable bonds is 6. The molecule has 0 aromatic rings. The quantitative estimate of drug-likeness (QED) is 0.692. The second-order valence-corrected chi connectivity index (χ2v) is 6.60. The largest absolute Gasteiger partial charge is 0.303 e. The predicted octanol–water partition coefficient (Wildman–Crippen LogP) is 4.13. The molecule has 3 unspecified atom stereocenters. The molecule has 21 heavy (non-hydrogen) atoms. The average molecular weight is 294 g/mol. The Balaban J connectivity index is 2.56. The topological polar surface area (TPSA) is 51.2 Å². The first kappa shape index (κ1) is 18.1. The summed E-state index contributed by atoms with van der Waals surface area (Å²) in [4.78, 5) is 32.4. The minimum atomic E-state index is 0.466. The molecule has 3 heteroatoms. The molecule has 0 amide bonds. The van der Waals surface area contributed by atoms with Crippen LogP contribution in [0.3, 0.4) is 0 Å². The Morgan fingerprint density at radius 3 is 1.24 bits per heavy atom. The van der Waals surface area contributed by atoms with Crippen molar-refractivity contribution in [3.63, 3.8) is 0 Å². The Labute approximate surface area is 128 Å². The zero-order valence-electron chi connectivity index (χ0n) is 13.2. The number of carbonyl (C=O) groups excluding carboxylic acids is 3. The van der Waals surface area contributed by atoms with Crippen LogP contribution < -0.4 is 0 Å². The van der Waals surface area contributed by atoms with E-state index in [-0.39, 0.29) is 0 Å². The molecular weight excluding hydrogens is 264 g/mol. The lowest BCUT2D eigenvalue weighted by Gasteiger charge is -2.22. The molecule has 0 aromatic heterocycles. The van der Waals surface area contributed by atoms with Gasteiger partial charge in [-0.15, -0.1) is 0 Å². The van der Waals surface area contributed by atoms with Crippen molar-refractivity contribution in [2.75, 3.05) is 0 Å². The zero-order chi connectivity index (χ0) is 15.3.